The molecule has 1 fully saturated rings. The first-order valence-corrected chi connectivity index (χ1v) is 7.88. The van der Waals surface area contributed by atoms with E-state index in [1.54, 1.807) is 0 Å². The SMILES string of the molecule is Cc1ccc2c(c1)N1CCOCC1CN=C2c1ccccc1. The van der Waals surface area contributed by atoms with Gasteiger partial charge in [-0.25, -0.2) is 0 Å². The summed E-state index contributed by atoms with van der Waals surface area (Å²) >= 11 is 0. The number of morpholine rings is 1. The van der Waals surface area contributed by atoms with Gasteiger partial charge in [0.1, 0.15) is 0 Å². The van der Waals surface area contributed by atoms with Crippen LogP contribution in [0.25, 0.3) is 0 Å². The molecule has 2 aromatic carbocycles. The summed E-state index contributed by atoms with van der Waals surface area (Å²) in [4.78, 5) is 7.42. The first kappa shape index (κ1) is 13.5. The number of anilines is 1. The number of ether oxygens (including phenoxy) is 1. The average Bonchev–Trinajstić information content (AvgIpc) is 2.73. The second kappa shape index (κ2) is 5.58. The maximum atomic E-state index is 5.67. The first-order valence-electron chi connectivity index (χ1n) is 7.88. The van der Waals surface area contributed by atoms with E-state index >= 15 is 0 Å². The highest BCUT2D eigenvalue weighted by atomic mass is 16.5. The third kappa shape index (κ3) is 2.32. The lowest BCUT2D eigenvalue weighted by Crippen LogP contribution is -2.47. The van der Waals surface area contributed by atoms with Crippen molar-refractivity contribution in [1.29, 1.82) is 0 Å². The minimum atomic E-state index is 0.343. The van der Waals surface area contributed by atoms with Crippen LogP contribution in [0, 0.1) is 6.92 Å². The predicted octanol–water partition coefficient (Wildman–Crippen LogP) is 3.05. The van der Waals surface area contributed by atoms with Crippen LogP contribution in [0.2, 0.25) is 0 Å². The average molecular weight is 292 g/mol. The van der Waals surface area contributed by atoms with Crippen LogP contribution in [0.15, 0.2) is 53.5 Å². The molecule has 0 bridgehead atoms. The van der Waals surface area contributed by atoms with E-state index in [1.165, 1.54) is 22.4 Å². The summed E-state index contributed by atoms with van der Waals surface area (Å²) in [5.41, 5.74) is 6.12. The molecule has 2 heterocycles. The molecule has 22 heavy (non-hydrogen) atoms. The van der Waals surface area contributed by atoms with Crippen molar-refractivity contribution in [2.75, 3.05) is 31.2 Å². The molecular formula is C19H20N2O. The van der Waals surface area contributed by atoms with Crippen molar-refractivity contribution in [3.05, 3.63) is 65.2 Å². The smallest absolute Gasteiger partial charge is 0.0740 e. The Bertz CT molecular complexity index is 709. The Morgan fingerprint density at radius 2 is 2.00 bits per heavy atom. The Balaban J connectivity index is 1.88. The standard InChI is InChI=1S/C19H20N2O/c1-14-7-8-17-18(11-14)21-9-10-22-13-16(21)12-20-19(17)15-5-3-2-4-6-15/h2-8,11,16H,9-10,12-13H2,1H3. The number of benzene rings is 2. The van der Waals surface area contributed by atoms with Crippen molar-refractivity contribution in [2.45, 2.75) is 13.0 Å². The first-order chi connectivity index (χ1) is 10.8. The highest BCUT2D eigenvalue weighted by Gasteiger charge is 2.29. The van der Waals surface area contributed by atoms with Crippen molar-refractivity contribution in [2.24, 2.45) is 4.99 Å². The number of nitrogens with zero attached hydrogens (tertiary/aromatic N) is 2. The fourth-order valence-corrected chi connectivity index (χ4v) is 3.33. The summed E-state index contributed by atoms with van der Waals surface area (Å²) < 4.78 is 5.67. The molecule has 4 rings (SSSR count). The van der Waals surface area contributed by atoms with Gasteiger partial charge in [0.05, 0.1) is 31.5 Å². The lowest BCUT2D eigenvalue weighted by molar-refractivity contribution is 0.0966. The van der Waals surface area contributed by atoms with Crippen LogP contribution in [-0.2, 0) is 4.74 Å². The van der Waals surface area contributed by atoms with Crippen LogP contribution in [0.5, 0.6) is 0 Å². The van der Waals surface area contributed by atoms with E-state index in [0.29, 0.717) is 6.04 Å². The second-order valence-corrected chi connectivity index (χ2v) is 6.00. The van der Waals surface area contributed by atoms with Crippen molar-refractivity contribution in [1.82, 2.24) is 0 Å². The molecule has 0 aliphatic carbocycles. The minimum Gasteiger partial charge on any atom is -0.377 e. The number of hydrogen-bond acceptors (Lipinski definition) is 3. The summed E-state index contributed by atoms with van der Waals surface area (Å²) in [5.74, 6) is 0. The zero-order valence-corrected chi connectivity index (χ0v) is 12.8. The molecule has 2 aliphatic rings. The molecule has 1 saturated heterocycles. The van der Waals surface area contributed by atoms with E-state index in [4.69, 9.17) is 9.73 Å². The van der Waals surface area contributed by atoms with Crippen LogP contribution in [-0.4, -0.2) is 38.1 Å². The van der Waals surface area contributed by atoms with Crippen LogP contribution >= 0.6 is 0 Å². The fourth-order valence-electron chi connectivity index (χ4n) is 3.33. The van der Waals surface area contributed by atoms with Gasteiger partial charge in [0.25, 0.3) is 0 Å². The van der Waals surface area contributed by atoms with E-state index in [9.17, 15) is 0 Å². The normalized spacial score (nSPS) is 20.7. The molecule has 0 N–H and O–H groups in total. The van der Waals surface area contributed by atoms with Crippen LogP contribution in [0.4, 0.5) is 5.69 Å². The Kier molecular flexibility index (Phi) is 3.43. The van der Waals surface area contributed by atoms with Gasteiger partial charge in [0.15, 0.2) is 0 Å². The van der Waals surface area contributed by atoms with E-state index in [-0.39, 0.29) is 0 Å². The van der Waals surface area contributed by atoms with Gasteiger partial charge in [0, 0.05) is 23.4 Å². The number of aryl methyl sites for hydroxylation is 1. The zero-order valence-electron chi connectivity index (χ0n) is 12.8. The monoisotopic (exact) mass is 292 g/mol. The van der Waals surface area contributed by atoms with E-state index in [2.05, 4.69) is 54.3 Å². The number of hydrogen-bond donors (Lipinski definition) is 0. The number of aliphatic imine (C=N–C) groups is 1. The number of rotatable bonds is 1. The van der Waals surface area contributed by atoms with E-state index < -0.39 is 0 Å². The summed E-state index contributed by atoms with van der Waals surface area (Å²) in [6, 6.07) is 17.5. The van der Waals surface area contributed by atoms with Crippen molar-refractivity contribution in [3.8, 4) is 0 Å². The highest BCUT2D eigenvalue weighted by Crippen LogP contribution is 2.30. The molecule has 3 nitrogen and oxygen atoms in total. The molecule has 2 aromatic rings. The van der Waals surface area contributed by atoms with E-state index in [0.717, 1.165) is 32.0 Å². The minimum absolute atomic E-state index is 0.343. The Morgan fingerprint density at radius 1 is 1.14 bits per heavy atom. The molecule has 0 spiro atoms. The van der Waals surface area contributed by atoms with Crippen LogP contribution in [0.1, 0.15) is 16.7 Å². The highest BCUT2D eigenvalue weighted by molar-refractivity contribution is 6.16. The van der Waals surface area contributed by atoms with Crippen LogP contribution in [0.3, 0.4) is 0 Å². The second-order valence-electron chi connectivity index (χ2n) is 6.00. The Labute approximate surface area is 131 Å². The van der Waals surface area contributed by atoms with Gasteiger partial charge in [-0.2, -0.15) is 0 Å². The molecule has 1 atom stereocenters. The summed E-state index contributed by atoms with van der Waals surface area (Å²) in [6.07, 6.45) is 0. The molecule has 0 radical (unpaired) electrons. The van der Waals surface area contributed by atoms with Crippen LogP contribution < -0.4 is 4.90 Å². The largest absolute Gasteiger partial charge is 0.377 e. The summed E-state index contributed by atoms with van der Waals surface area (Å²) in [7, 11) is 0. The van der Waals surface area contributed by atoms with Crippen molar-refractivity contribution < 1.29 is 4.74 Å². The fraction of sp³-hybridized carbons (Fsp3) is 0.316. The lowest BCUT2D eigenvalue weighted by atomic mass is 9.98. The maximum absolute atomic E-state index is 5.67. The van der Waals surface area contributed by atoms with Gasteiger partial charge >= 0.3 is 0 Å². The molecule has 0 amide bonds. The van der Waals surface area contributed by atoms with Gasteiger partial charge in [-0.05, 0) is 18.6 Å². The van der Waals surface area contributed by atoms with Gasteiger partial charge in [0.2, 0.25) is 0 Å². The van der Waals surface area contributed by atoms with Gasteiger partial charge in [-0.3, -0.25) is 4.99 Å². The maximum Gasteiger partial charge on any atom is 0.0740 e. The zero-order chi connectivity index (χ0) is 14.9. The molecule has 3 heteroatoms. The molecule has 0 aromatic heterocycles. The van der Waals surface area contributed by atoms with Crippen molar-refractivity contribution in [3.63, 3.8) is 0 Å². The topological polar surface area (TPSA) is 24.8 Å². The van der Waals surface area contributed by atoms with E-state index in [1.807, 2.05) is 6.07 Å². The lowest BCUT2D eigenvalue weighted by Gasteiger charge is -2.36. The Morgan fingerprint density at radius 3 is 2.86 bits per heavy atom. The van der Waals surface area contributed by atoms with Crippen molar-refractivity contribution >= 4 is 11.4 Å². The molecule has 1 unspecified atom stereocenters. The summed E-state index contributed by atoms with van der Waals surface area (Å²) in [5, 5.41) is 0. The third-order valence-electron chi connectivity index (χ3n) is 4.45. The quantitative estimate of drug-likeness (QED) is 0.807. The predicted molar refractivity (Wildman–Crippen MR) is 90.1 cm³/mol. The summed E-state index contributed by atoms with van der Waals surface area (Å²) in [6.45, 7) is 5.44. The molecule has 112 valence electrons. The molecule has 2 aliphatic heterocycles. The van der Waals surface area contributed by atoms with Gasteiger partial charge in [-0.1, -0.05) is 42.5 Å². The third-order valence-corrected chi connectivity index (χ3v) is 4.45. The van der Waals surface area contributed by atoms with Gasteiger partial charge < -0.3 is 9.64 Å². The molecule has 0 saturated carbocycles. The number of fused-ring (bicyclic) bond motifs is 3. The Hall–Kier alpha value is -2.13. The van der Waals surface area contributed by atoms with Gasteiger partial charge in [-0.15, -0.1) is 0 Å². The molecular weight excluding hydrogens is 272 g/mol.